The molecule has 0 amide bonds. The summed E-state index contributed by atoms with van der Waals surface area (Å²) in [7, 11) is 0. The van der Waals surface area contributed by atoms with E-state index in [0.29, 0.717) is 19.3 Å². The van der Waals surface area contributed by atoms with Gasteiger partial charge >= 0.3 is 11.9 Å². The lowest BCUT2D eigenvalue weighted by atomic mass is 10.1. The Hall–Kier alpha value is -1.95. The van der Waals surface area contributed by atoms with Crippen molar-refractivity contribution < 1.29 is 29.0 Å². The van der Waals surface area contributed by atoms with Crippen LogP contribution in [0, 0.1) is 0 Å². The molecule has 0 aliphatic rings. The Morgan fingerprint density at radius 3 is 1.52 bits per heavy atom. The van der Waals surface area contributed by atoms with Crippen LogP contribution in [-0.4, -0.2) is 42.1 Å². The number of unbranched alkanes of at least 4 members (excludes halogenated alkanes) is 16. The quantitative estimate of drug-likeness (QED) is 0.0423. The van der Waals surface area contributed by atoms with Gasteiger partial charge in [0.2, 0.25) is 0 Å². The molecule has 0 aromatic heterocycles. The molecule has 0 spiro atoms. The maximum Gasteiger partial charge on any atom is 0.305 e. The first-order chi connectivity index (χ1) is 19.5. The van der Waals surface area contributed by atoms with Crippen molar-refractivity contribution in [2.24, 2.45) is 0 Å². The normalized spacial score (nSPS) is 12.3. The molecule has 0 aliphatic heterocycles. The number of carbonyl (C=O) groups excluding carboxylic acids is 3. The highest BCUT2D eigenvalue weighted by atomic mass is 16.6. The molecule has 1 atom stereocenters. The second kappa shape index (κ2) is 30.0. The van der Waals surface area contributed by atoms with E-state index >= 15 is 0 Å². The third-order valence-electron chi connectivity index (χ3n) is 6.92. The Kier molecular flexibility index (Phi) is 28.6. The first kappa shape index (κ1) is 38.0. The predicted molar refractivity (Wildman–Crippen MR) is 164 cm³/mol. The second-order valence-corrected chi connectivity index (χ2v) is 11.0. The lowest BCUT2D eigenvalue weighted by Crippen LogP contribution is -2.25. The average Bonchev–Trinajstić information content (AvgIpc) is 2.94. The smallest absolute Gasteiger partial charge is 0.305 e. The molecule has 0 aliphatic carbocycles. The highest BCUT2D eigenvalue weighted by molar-refractivity contribution is 5.89. The van der Waals surface area contributed by atoms with E-state index in [1.54, 1.807) is 6.08 Å². The summed E-state index contributed by atoms with van der Waals surface area (Å²) in [6.45, 7) is 4.09. The zero-order valence-electron chi connectivity index (χ0n) is 25.8. The first-order valence-electron chi connectivity index (χ1n) is 16.3. The molecule has 0 saturated heterocycles. The van der Waals surface area contributed by atoms with E-state index in [1.807, 2.05) is 12.2 Å². The summed E-state index contributed by atoms with van der Waals surface area (Å²) < 4.78 is 10.2. The molecule has 0 aromatic rings. The fraction of sp³-hybridized carbons (Fsp3) is 0.794. The first-order valence-corrected chi connectivity index (χ1v) is 16.3. The number of aliphatic hydroxyl groups is 1. The molecule has 1 N–H and O–H groups in total. The van der Waals surface area contributed by atoms with Gasteiger partial charge in [-0.15, -0.1) is 0 Å². The molecular formula is C34H60O6. The van der Waals surface area contributed by atoms with Crippen molar-refractivity contribution in [3.63, 3.8) is 0 Å². The van der Waals surface area contributed by atoms with Gasteiger partial charge in [-0.05, 0) is 38.2 Å². The van der Waals surface area contributed by atoms with E-state index < -0.39 is 6.10 Å². The number of allylic oxidation sites excluding steroid dienone is 4. The summed E-state index contributed by atoms with van der Waals surface area (Å²) in [4.78, 5) is 35.4. The number of esters is 2. The van der Waals surface area contributed by atoms with Crippen molar-refractivity contribution in [1.29, 1.82) is 0 Å². The number of hydrogen-bond donors (Lipinski definition) is 1. The Bertz CT molecular complexity index is 669. The van der Waals surface area contributed by atoms with E-state index in [4.69, 9.17) is 9.47 Å². The van der Waals surface area contributed by atoms with Gasteiger partial charge < -0.3 is 14.6 Å². The molecule has 0 heterocycles. The van der Waals surface area contributed by atoms with E-state index in [9.17, 15) is 19.5 Å². The van der Waals surface area contributed by atoms with Crippen LogP contribution in [0.5, 0.6) is 0 Å². The molecule has 6 heteroatoms. The molecular weight excluding hydrogens is 504 g/mol. The van der Waals surface area contributed by atoms with Gasteiger partial charge in [0.05, 0.1) is 0 Å². The van der Waals surface area contributed by atoms with Crippen molar-refractivity contribution in [2.45, 2.75) is 161 Å². The molecule has 0 bridgehead atoms. The summed E-state index contributed by atoms with van der Waals surface area (Å²) in [5, 5.41) is 9.93. The van der Waals surface area contributed by atoms with Gasteiger partial charge in [-0.1, -0.05) is 122 Å². The number of aliphatic hydroxyl groups excluding tert-OH is 1. The van der Waals surface area contributed by atoms with Crippen LogP contribution in [0.15, 0.2) is 24.3 Å². The second-order valence-electron chi connectivity index (χ2n) is 11.0. The third kappa shape index (κ3) is 29.0. The van der Waals surface area contributed by atoms with Crippen molar-refractivity contribution in [2.75, 3.05) is 13.2 Å². The van der Waals surface area contributed by atoms with Gasteiger partial charge in [-0.2, -0.15) is 0 Å². The Balaban J connectivity index is 3.54. The average molecular weight is 565 g/mol. The van der Waals surface area contributed by atoms with Crippen LogP contribution >= 0.6 is 0 Å². The summed E-state index contributed by atoms with van der Waals surface area (Å²) in [6.07, 6.45) is 29.2. The molecule has 0 radical (unpaired) electrons. The fourth-order valence-corrected chi connectivity index (χ4v) is 4.36. The van der Waals surface area contributed by atoms with E-state index in [0.717, 1.165) is 77.0 Å². The van der Waals surface area contributed by atoms with Crippen molar-refractivity contribution >= 4 is 17.7 Å². The van der Waals surface area contributed by atoms with Crippen LogP contribution in [0.3, 0.4) is 0 Å². The maximum absolute atomic E-state index is 11.9. The SMILES string of the molecule is CCCCCCCCCCCCC(=O)OC[C@H](O)COC(=O)CCCCCCC/C=C\C=C\C(=O)CCCCC. The Labute approximate surface area is 245 Å². The van der Waals surface area contributed by atoms with Crippen LogP contribution in [-0.2, 0) is 23.9 Å². The van der Waals surface area contributed by atoms with Gasteiger partial charge in [-0.25, -0.2) is 0 Å². The third-order valence-corrected chi connectivity index (χ3v) is 6.92. The van der Waals surface area contributed by atoms with Gasteiger partial charge in [0.25, 0.3) is 0 Å². The minimum absolute atomic E-state index is 0.136. The highest BCUT2D eigenvalue weighted by Crippen LogP contribution is 2.12. The Morgan fingerprint density at radius 2 is 1.00 bits per heavy atom. The molecule has 0 unspecified atom stereocenters. The van der Waals surface area contributed by atoms with E-state index in [-0.39, 0.29) is 30.9 Å². The van der Waals surface area contributed by atoms with E-state index in [2.05, 4.69) is 19.9 Å². The number of hydrogen-bond acceptors (Lipinski definition) is 6. The highest BCUT2D eigenvalue weighted by Gasteiger charge is 2.12. The summed E-state index contributed by atoms with van der Waals surface area (Å²) in [5.41, 5.74) is 0. The summed E-state index contributed by atoms with van der Waals surface area (Å²) in [5.74, 6) is -0.427. The topological polar surface area (TPSA) is 89.9 Å². The minimum atomic E-state index is -0.984. The van der Waals surface area contributed by atoms with Gasteiger partial charge in [0.15, 0.2) is 5.78 Å². The van der Waals surface area contributed by atoms with E-state index in [1.165, 1.54) is 44.9 Å². The standard InChI is InChI=1S/C34H60O6/c1-3-5-7-8-9-10-13-16-19-23-27-33(37)39-29-32(36)30-40-34(38)28-24-20-17-14-11-12-15-18-22-26-31(35)25-21-6-4-2/h15,18,22,26,32,36H,3-14,16-17,19-21,23-25,27-30H2,1-2H3/b18-15-,26-22+/t32-/m0/s1. The maximum atomic E-state index is 11.9. The monoisotopic (exact) mass is 564 g/mol. The minimum Gasteiger partial charge on any atom is -0.463 e. The zero-order chi connectivity index (χ0) is 29.5. The van der Waals surface area contributed by atoms with Crippen LogP contribution in [0.25, 0.3) is 0 Å². The summed E-state index contributed by atoms with van der Waals surface area (Å²) >= 11 is 0. The van der Waals surface area contributed by atoms with Crippen LogP contribution in [0.4, 0.5) is 0 Å². The number of carbonyl (C=O) groups is 3. The Morgan fingerprint density at radius 1 is 0.575 bits per heavy atom. The fourth-order valence-electron chi connectivity index (χ4n) is 4.36. The molecule has 0 rings (SSSR count). The number of ether oxygens (including phenoxy) is 2. The van der Waals surface area contributed by atoms with Gasteiger partial charge in [-0.3, -0.25) is 14.4 Å². The van der Waals surface area contributed by atoms with Crippen molar-refractivity contribution in [3.05, 3.63) is 24.3 Å². The molecule has 6 nitrogen and oxygen atoms in total. The molecule has 0 fully saturated rings. The van der Waals surface area contributed by atoms with Gasteiger partial charge in [0.1, 0.15) is 19.3 Å². The van der Waals surface area contributed by atoms with Crippen LogP contribution in [0.2, 0.25) is 0 Å². The molecule has 0 aromatic carbocycles. The zero-order valence-corrected chi connectivity index (χ0v) is 25.8. The lowest BCUT2D eigenvalue weighted by Gasteiger charge is -2.12. The van der Waals surface area contributed by atoms with Crippen molar-refractivity contribution in [1.82, 2.24) is 0 Å². The predicted octanol–water partition coefficient (Wildman–Crippen LogP) is 8.74. The number of rotatable bonds is 29. The van der Waals surface area contributed by atoms with Gasteiger partial charge in [0, 0.05) is 19.3 Å². The summed E-state index contributed by atoms with van der Waals surface area (Å²) in [6, 6.07) is 0. The largest absolute Gasteiger partial charge is 0.463 e. The van der Waals surface area contributed by atoms with Crippen LogP contribution < -0.4 is 0 Å². The molecule has 40 heavy (non-hydrogen) atoms. The van der Waals surface area contributed by atoms with Crippen LogP contribution in [0.1, 0.15) is 155 Å². The van der Waals surface area contributed by atoms with Crippen molar-refractivity contribution in [3.8, 4) is 0 Å². The number of ketones is 1. The molecule has 0 saturated carbocycles. The molecule has 232 valence electrons. The lowest BCUT2D eigenvalue weighted by molar-refractivity contribution is -0.152.